The second-order valence-electron chi connectivity index (χ2n) is 8.30. The second kappa shape index (κ2) is 11.5. The van der Waals surface area contributed by atoms with Gasteiger partial charge in [0.1, 0.15) is 12.4 Å². The maximum atomic E-state index is 12.6. The van der Waals surface area contributed by atoms with E-state index in [0.29, 0.717) is 18.8 Å². The van der Waals surface area contributed by atoms with Gasteiger partial charge in [0.15, 0.2) is 0 Å². The molecule has 0 aliphatic carbocycles. The number of anilines is 1. The lowest BCUT2D eigenvalue weighted by atomic mass is 10.2. The quantitative estimate of drug-likeness (QED) is 0.362. The smallest absolute Gasteiger partial charge is 0.261 e. The molecule has 9 nitrogen and oxygen atoms in total. The summed E-state index contributed by atoms with van der Waals surface area (Å²) < 4.78 is 59.9. The summed E-state index contributed by atoms with van der Waals surface area (Å²) in [7, 11) is -7.31. The molecule has 2 N–H and O–H groups in total. The first kappa shape index (κ1) is 26.9. The van der Waals surface area contributed by atoms with Gasteiger partial charge in [-0.15, -0.1) is 0 Å². The van der Waals surface area contributed by atoms with Crippen LogP contribution in [0.1, 0.15) is 23.2 Å². The summed E-state index contributed by atoms with van der Waals surface area (Å²) in [5.41, 5.74) is 0.296. The Morgan fingerprint density at radius 2 is 1.57 bits per heavy atom. The number of nitrogens with one attached hydrogen (secondary N) is 2. The normalized spacial score (nSPS) is 14.3. The predicted molar refractivity (Wildman–Crippen MR) is 141 cm³/mol. The zero-order chi connectivity index (χ0) is 26.5. The highest BCUT2D eigenvalue weighted by molar-refractivity contribution is 7.92. The van der Waals surface area contributed by atoms with Gasteiger partial charge in [0.05, 0.1) is 26.9 Å². The number of halogens is 1. The third-order valence-corrected chi connectivity index (χ3v) is 9.34. The summed E-state index contributed by atoms with van der Waals surface area (Å²) in [6, 6.07) is 18.3. The molecule has 3 aromatic carbocycles. The SMILES string of the molecule is O=C(NCCOc1ccc(S(=O)(=O)N2CCCC2)cc1)c1cc(NS(=O)(=O)c2ccccc2)ccc1Cl. The molecule has 1 fully saturated rings. The monoisotopic (exact) mass is 563 g/mol. The highest BCUT2D eigenvalue weighted by Gasteiger charge is 2.27. The summed E-state index contributed by atoms with van der Waals surface area (Å²) in [5, 5.41) is 2.84. The van der Waals surface area contributed by atoms with Crippen LogP contribution in [0.4, 0.5) is 5.69 Å². The fraction of sp³-hybridized carbons (Fsp3) is 0.240. The van der Waals surface area contributed by atoms with Crippen molar-refractivity contribution in [2.75, 3.05) is 31.0 Å². The molecule has 3 aromatic rings. The molecule has 37 heavy (non-hydrogen) atoms. The molecule has 0 radical (unpaired) electrons. The maximum absolute atomic E-state index is 12.6. The summed E-state index contributed by atoms with van der Waals surface area (Å²) in [4.78, 5) is 13.0. The van der Waals surface area contributed by atoms with Crippen molar-refractivity contribution < 1.29 is 26.4 Å². The Morgan fingerprint density at radius 1 is 0.892 bits per heavy atom. The molecule has 1 saturated heterocycles. The first-order valence-electron chi connectivity index (χ1n) is 11.6. The molecule has 0 unspecified atom stereocenters. The number of hydrogen-bond acceptors (Lipinski definition) is 6. The van der Waals surface area contributed by atoms with Crippen molar-refractivity contribution in [1.82, 2.24) is 9.62 Å². The highest BCUT2D eigenvalue weighted by atomic mass is 35.5. The number of carbonyl (C=O) groups excluding carboxylic acids is 1. The van der Waals surface area contributed by atoms with Crippen molar-refractivity contribution in [3.63, 3.8) is 0 Å². The van der Waals surface area contributed by atoms with Crippen LogP contribution in [0.2, 0.25) is 5.02 Å². The van der Waals surface area contributed by atoms with Crippen LogP contribution < -0.4 is 14.8 Å². The fourth-order valence-corrected chi connectivity index (χ4v) is 6.58. The Hall–Kier alpha value is -3.12. The largest absolute Gasteiger partial charge is 0.492 e. The van der Waals surface area contributed by atoms with Crippen LogP contribution in [0.5, 0.6) is 5.75 Å². The van der Waals surface area contributed by atoms with Crippen molar-refractivity contribution in [3.8, 4) is 5.75 Å². The van der Waals surface area contributed by atoms with Gasteiger partial charge in [-0.25, -0.2) is 16.8 Å². The molecule has 1 heterocycles. The Bertz CT molecular complexity index is 1460. The topological polar surface area (TPSA) is 122 Å². The van der Waals surface area contributed by atoms with Gasteiger partial charge >= 0.3 is 0 Å². The summed E-state index contributed by atoms with van der Waals surface area (Å²) >= 11 is 6.16. The van der Waals surface area contributed by atoms with Crippen LogP contribution in [-0.2, 0) is 20.0 Å². The standard InChI is InChI=1S/C25H26ClN3O6S2/c26-24-13-8-19(28-36(31,32)21-6-2-1-3-7-21)18-23(24)25(30)27-14-17-35-20-9-11-22(12-10-20)37(33,34)29-15-4-5-16-29/h1-3,6-13,18,28H,4-5,14-17H2,(H,27,30). The minimum atomic E-state index is -3.82. The summed E-state index contributed by atoms with van der Waals surface area (Å²) in [6.07, 6.45) is 1.73. The number of amides is 1. The van der Waals surface area contributed by atoms with E-state index in [9.17, 15) is 21.6 Å². The minimum Gasteiger partial charge on any atom is -0.492 e. The van der Waals surface area contributed by atoms with E-state index in [2.05, 4.69) is 10.0 Å². The lowest BCUT2D eigenvalue weighted by Gasteiger charge is -2.15. The number of sulfonamides is 2. The molecule has 4 rings (SSSR count). The fourth-order valence-electron chi connectivity index (χ4n) is 3.79. The van der Waals surface area contributed by atoms with Gasteiger partial charge in [0.25, 0.3) is 15.9 Å². The lowest BCUT2D eigenvalue weighted by molar-refractivity contribution is 0.0947. The average Bonchev–Trinajstić information content (AvgIpc) is 3.44. The maximum Gasteiger partial charge on any atom is 0.261 e. The van der Waals surface area contributed by atoms with Gasteiger partial charge in [0.2, 0.25) is 10.0 Å². The molecule has 0 aromatic heterocycles. The Morgan fingerprint density at radius 3 is 2.24 bits per heavy atom. The summed E-state index contributed by atoms with van der Waals surface area (Å²) in [6.45, 7) is 1.34. The van der Waals surface area contributed by atoms with Crippen LogP contribution >= 0.6 is 11.6 Å². The molecule has 1 aliphatic heterocycles. The number of hydrogen-bond donors (Lipinski definition) is 2. The van der Waals surface area contributed by atoms with Crippen molar-refractivity contribution in [3.05, 3.63) is 83.4 Å². The molecule has 0 saturated carbocycles. The lowest BCUT2D eigenvalue weighted by Crippen LogP contribution is -2.28. The number of rotatable bonds is 10. The van der Waals surface area contributed by atoms with Gasteiger partial charge in [-0.1, -0.05) is 29.8 Å². The second-order valence-corrected chi connectivity index (χ2v) is 12.3. The van der Waals surface area contributed by atoms with Gasteiger partial charge in [-0.05, 0) is 67.4 Å². The Kier molecular flexibility index (Phi) is 8.38. The van der Waals surface area contributed by atoms with Crippen molar-refractivity contribution in [2.24, 2.45) is 0 Å². The first-order valence-corrected chi connectivity index (χ1v) is 14.9. The van der Waals surface area contributed by atoms with Crippen molar-refractivity contribution in [2.45, 2.75) is 22.6 Å². The van der Waals surface area contributed by atoms with E-state index in [1.54, 1.807) is 30.3 Å². The summed E-state index contributed by atoms with van der Waals surface area (Å²) in [5.74, 6) is -0.0358. The van der Waals surface area contributed by atoms with E-state index in [1.165, 1.54) is 46.8 Å². The number of carbonyl (C=O) groups is 1. The van der Waals surface area contributed by atoms with Crippen LogP contribution in [0.15, 0.2) is 82.6 Å². The van der Waals surface area contributed by atoms with E-state index in [1.807, 2.05) is 0 Å². The molecule has 1 amide bonds. The van der Waals surface area contributed by atoms with Crippen LogP contribution in [0.3, 0.4) is 0 Å². The van der Waals surface area contributed by atoms with Crippen molar-refractivity contribution >= 4 is 43.2 Å². The van der Waals surface area contributed by atoms with Gasteiger partial charge in [0, 0.05) is 18.8 Å². The molecule has 12 heteroatoms. The zero-order valence-corrected chi connectivity index (χ0v) is 22.2. The zero-order valence-electron chi connectivity index (χ0n) is 19.8. The Balaban J connectivity index is 1.31. The van der Waals surface area contributed by atoms with E-state index >= 15 is 0 Å². The molecule has 0 spiro atoms. The van der Waals surface area contributed by atoms with Crippen LogP contribution in [-0.4, -0.2) is 53.3 Å². The number of nitrogens with zero attached hydrogens (tertiary/aromatic N) is 1. The van der Waals surface area contributed by atoms with E-state index in [4.69, 9.17) is 16.3 Å². The molecular weight excluding hydrogens is 538 g/mol. The molecule has 196 valence electrons. The first-order chi connectivity index (χ1) is 17.7. The minimum absolute atomic E-state index is 0.0924. The van der Waals surface area contributed by atoms with Gasteiger partial charge in [-0.2, -0.15) is 4.31 Å². The van der Waals surface area contributed by atoms with Crippen molar-refractivity contribution in [1.29, 1.82) is 0 Å². The highest BCUT2D eigenvalue weighted by Crippen LogP contribution is 2.24. The van der Waals surface area contributed by atoms with E-state index in [0.717, 1.165) is 12.8 Å². The Labute approximate surface area is 221 Å². The number of benzene rings is 3. The molecule has 0 atom stereocenters. The van der Waals surface area contributed by atoms with Crippen LogP contribution in [0, 0.1) is 0 Å². The molecule has 1 aliphatic rings. The third-order valence-electron chi connectivity index (χ3n) is 5.70. The predicted octanol–water partition coefficient (Wildman–Crippen LogP) is 3.73. The molecular formula is C25H26ClN3O6S2. The van der Waals surface area contributed by atoms with Crippen LogP contribution in [0.25, 0.3) is 0 Å². The number of ether oxygens (including phenoxy) is 1. The average molecular weight is 564 g/mol. The van der Waals surface area contributed by atoms with E-state index in [-0.39, 0.29) is 39.2 Å². The van der Waals surface area contributed by atoms with E-state index < -0.39 is 26.0 Å². The molecule has 0 bridgehead atoms. The third kappa shape index (κ3) is 6.61. The van der Waals surface area contributed by atoms with Gasteiger partial charge < -0.3 is 10.1 Å². The van der Waals surface area contributed by atoms with Gasteiger partial charge in [-0.3, -0.25) is 9.52 Å².